The van der Waals surface area contributed by atoms with E-state index in [-0.39, 0.29) is 17.7 Å². The molecule has 0 atom stereocenters. The van der Waals surface area contributed by atoms with Gasteiger partial charge in [0.2, 0.25) is 5.91 Å². The molecule has 1 saturated carbocycles. The predicted octanol–water partition coefficient (Wildman–Crippen LogP) is 3.44. The van der Waals surface area contributed by atoms with Crippen molar-refractivity contribution in [3.05, 3.63) is 53.3 Å². The van der Waals surface area contributed by atoms with Gasteiger partial charge in [0.15, 0.2) is 0 Å². The molecule has 132 valence electrons. The Bertz CT molecular complexity index is 759. The summed E-state index contributed by atoms with van der Waals surface area (Å²) in [5.74, 6) is -0.338. The monoisotopic (exact) mass is 339 g/mol. The third kappa shape index (κ3) is 3.76. The molecule has 1 aliphatic rings. The Morgan fingerprint density at radius 2 is 1.68 bits per heavy atom. The highest BCUT2D eigenvalue weighted by Crippen LogP contribution is 2.23. The van der Waals surface area contributed by atoms with Crippen molar-refractivity contribution in [2.24, 2.45) is 5.92 Å². The number of carbonyl (C=O) groups excluding carboxylic acids is 2. The van der Waals surface area contributed by atoms with E-state index in [0.717, 1.165) is 42.8 Å². The van der Waals surface area contributed by atoms with Crippen LogP contribution in [0.4, 0.5) is 0 Å². The molecule has 2 aromatic rings. The van der Waals surface area contributed by atoms with Gasteiger partial charge in [-0.25, -0.2) is 0 Å². The third-order valence-corrected chi connectivity index (χ3v) is 4.97. The van der Waals surface area contributed by atoms with Crippen LogP contribution in [0.15, 0.2) is 36.4 Å². The van der Waals surface area contributed by atoms with Gasteiger partial charge in [0.1, 0.15) is 0 Å². The van der Waals surface area contributed by atoms with Crippen LogP contribution in [-0.4, -0.2) is 16.4 Å². The molecule has 1 heterocycles. The molecule has 3 rings (SSSR count). The molecule has 25 heavy (non-hydrogen) atoms. The Labute approximate surface area is 148 Å². The maximum absolute atomic E-state index is 12.5. The third-order valence-electron chi connectivity index (χ3n) is 4.97. The number of carbonyl (C=O) groups is 2. The number of hydrazine groups is 1. The lowest BCUT2D eigenvalue weighted by Crippen LogP contribution is -2.45. The standard InChI is InChI=1S/C20H25N3O2/c1-14-13-18(15(2)23(14)17-11-7-4-8-12-17)20(25)22-21-19(24)16-9-5-3-6-10-16/h4,7-8,11-13,16H,3,5-6,9-10H2,1-2H3,(H,21,24)(H,22,25). The lowest BCUT2D eigenvalue weighted by Gasteiger charge is -2.20. The van der Waals surface area contributed by atoms with Crippen molar-refractivity contribution in [2.75, 3.05) is 0 Å². The Morgan fingerprint density at radius 3 is 2.36 bits per heavy atom. The van der Waals surface area contributed by atoms with E-state index in [9.17, 15) is 9.59 Å². The SMILES string of the molecule is Cc1cc(C(=O)NNC(=O)C2CCCCC2)c(C)n1-c1ccccc1. The van der Waals surface area contributed by atoms with Gasteiger partial charge in [0.25, 0.3) is 5.91 Å². The minimum absolute atomic E-state index is 0.0193. The number of nitrogens with zero attached hydrogens (tertiary/aromatic N) is 1. The molecule has 0 spiro atoms. The van der Waals surface area contributed by atoms with Crippen LogP contribution < -0.4 is 10.9 Å². The van der Waals surface area contributed by atoms with Crippen LogP contribution in [0, 0.1) is 19.8 Å². The molecule has 0 radical (unpaired) electrons. The van der Waals surface area contributed by atoms with Crippen LogP contribution in [0.3, 0.4) is 0 Å². The van der Waals surface area contributed by atoms with Gasteiger partial charge in [0.05, 0.1) is 5.56 Å². The zero-order valence-electron chi connectivity index (χ0n) is 14.8. The maximum Gasteiger partial charge on any atom is 0.271 e. The van der Waals surface area contributed by atoms with E-state index in [2.05, 4.69) is 10.9 Å². The van der Waals surface area contributed by atoms with Gasteiger partial charge in [0, 0.05) is 23.0 Å². The Hall–Kier alpha value is -2.56. The van der Waals surface area contributed by atoms with E-state index in [1.807, 2.05) is 54.8 Å². The number of nitrogens with one attached hydrogen (secondary N) is 2. The Morgan fingerprint density at radius 1 is 1.00 bits per heavy atom. The first-order chi connectivity index (χ1) is 12.1. The number of hydrogen-bond donors (Lipinski definition) is 2. The summed E-state index contributed by atoms with van der Waals surface area (Å²) < 4.78 is 2.04. The summed E-state index contributed by atoms with van der Waals surface area (Å²) in [7, 11) is 0. The van der Waals surface area contributed by atoms with Crippen LogP contribution >= 0.6 is 0 Å². The Balaban J connectivity index is 1.69. The summed E-state index contributed by atoms with van der Waals surface area (Å²) in [6.07, 6.45) is 5.19. The number of amides is 2. The van der Waals surface area contributed by atoms with Crippen molar-refractivity contribution >= 4 is 11.8 Å². The summed E-state index contributed by atoms with van der Waals surface area (Å²) >= 11 is 0. The highest BCUT2D eigenvalue weighted by molar-refractivity contribution is 5.97. The zero-order chi connectivity index (χ0) is 17.8. The van der Waals surface area contributed by atoms with Crippen LogP contribution in [0.1, 0.15) is 53.8 Å². The van der Waals surface area contributed by atoms with Crippen LogP contribution in [0.25, 0.3) is 5.69 Å². The van der Waals surface area contributed by atoms with Gasteiger partial charge < -0.3 is 4.57 Å². The van der Waals surface area contributed by atoms with E-state index in [4.69, 9.17) is 0 Å². The summed E-state index contributed by atoms with van der Waals surface area (Å²) in [5, 5.41) is 0. The lowest BCUT2D eigenvalue weighted by atomic mass is 9.89. The molecule has 2 N–H and O–H groups in total. The van der Waals surface area contributed by atoms with Crippen LogP contribution in [0.2, 0.25) is 0 Å². The van der Waals surface area contributed by atoms with Crippen molar-refractivity contribution < 1.29 is 9.59 Å². The minimum Gasteiger partial charge on any atom is -0.318 e. The largest absolute Gasteiger partial charge is 0.318 e. The second-order valence-corrected chi connectivity index (χ2v) is 6.73. The number of para-hydroxylation sites is 1. The molecule has 1 aliphatic carbocycles. The average molecular weight is 339 g/mol. The second-order valence-electron chi connectivity index (χ2n) is 6.73. The fourth-order valence-corrected chi connectivity index (χ4v) is 3.62. The van der Waals surface area contributed by atoms with E-state index in [1.165, 1.54) is 6.42 Å². The Kier molecular flexibility index (Phi) is 5.22. The van der Waals surface area contributed by atoms with Crippen molar-refractivity contribution in [1.82, 2.24) is 15.4 Å². The molecule has 1 fully saturated rings. The van der Waals surface area contributed by atoms with E-state index in [1.54, 1.807) is 0 Å². The van der Waals surface area contributed by atoms with E-state index < -0.39 is 0 Å². The van der Waals surface area contributed by atoms with Crippen LogP contribution in [0.5, 0.6) is 0 Å². The first-order valence-corrected chi connectivity index (χ1v) is 8.92. The molecule has 0 aliphatic heterocycles. The fraction of sp³-hybridized carbons (Fsp3) is 0.400. The summed E-state index contributed by atoms with van der Waals surface area (Å²) in [4.78, 5) is 24.7. The van der Waals surface area contributed by atoms with Crippen molar-refractivity contribution in [2.45, 2.75) is 46.0 Å². The molecule has 5 heteroatoms. The first-order valence-electron chi connectivity index (χ1n) is 8.92. The highest BCUT2D eigenvalue weighted by Gasteiger charge is 2.22. The summed E-state index contributed by atoms with van der Waals surface area (Å²) in [5.41, 5.74) is 8.60. The molecular weight excluding hydrogens is 314 g/mol. The number of benzene rings is 1. The number of hydrogen-bond acceptors (Lipinski definition) is 2. The molecule has 1 aromatic carbocycles. The van der Waals surface area contributed by atoms with Gasteiger partial charge >= 0.3 is 0 Å². The van der Waals surface area contributed by atoms with Gasteiger partial charge in [-0.2, -0.15) is 0 Å². The maximum atomic E-state index is 12.5. The van der Waals surface area contributed by atoms with Gasteiger partial charge in [-0.05, 0) is 44.9 Å². The molecule has 0 saturated heterocycles. The number of aryl methyl sites for hydroxylation is 1. The fourth-order valence-electron chi connectivity index (χ4n) is 3.62. The van der Waals surface area contributed by atoms with Crippen molar-refractivity contribution in [3.63, 3.8) is 0 Å². The molecule has 0 bridgehead atoms. The molecule has 5 nitrogen and oxygen atoms in total. The number of aromatic nitrogens is 1. The van der Waals surface area contributed by atoms with E-state index >= 15 is 0 Å². The normalized spacial score (nSPS) is 15.0. The zero-order valence-corrected chi connectivity index (χ0v) is 14.8. The molecular formula is C20H25N3O2. The van der Waals surface area contributed by atoms with Crippen molar-refractivity contribution in [3.8, 4) is 5.69 Å². The topological polar surface area (TPSA) is 63.1 Å². The lowest BCUT2D eigenvalue weighted by molar-refractivity contribution is -0.126. The minimum atomic E-state index is -0.278. The van der Waals surface area contributed by atoms with Crippen molar-refractivity contribution in [1.29, 1.82) is 0 Å². The van der Waals surface area contributed by atoms with Gasteiger partial charge in [-0.3, -0.25) is 20.4 Å². The predicted molar refractivity (Wildman–Crippen MR) is 97.4 cm³/mol. The van der Waals surface area contributed by atoms with Crippen LogP contribution in [-0.2, 0) is 4.79 Å². The van der Waals surface area contributed by atoms with Gasteiger partial charge in [-0.15, -0.1) is 0 Å². The average Bonchev–Trinajstić information content (AvgIpc) is 2.95. The quantitative estimate of drug-likeness (QED) is 0.842. The number of rotatable bonds is 3. The molecule has 1 aromatic heterocycles. The highest BCUT2D eigenvalue weighted by atomic mass is 16.2. The first kappa shape index (κ1) is 17.3. The summed E-state index contributed by atoms with van der Waals surface area (Å²) in [6, 6.07) is 11.8. The van der Waals surface area contributed by atoms with Gasteiger partial charge in [-0.1, -0.05) is 37.5 Å². The smallest absolute Gasteiger partial charge is 0.271 e. The second kappa shape index (κ2) is 7.55. The summed E-state index contributed by atoms with van der Waals surface area (Å²) in [6.45, 7) is 3.88. The van der Waals surface area contributed by atoms with E-state index in [0.29, 0.717) is 5.56 Å². The molecule has 0 unspecified atom stereocenters. The molecule has 2 amide bonds.